The lowest BCUT2D eigenvalue weighted by Crippen LogP contribution is -2.07. The lowest BCUT2D eigenvalue weighted by atomic mass is 10.2. The minimum absolute atomic E-state index is 0.406. The number of hydrogen-bond donors (Lipinski definition) is 2. The van der Waals surface area contributed by atoms with E-state index in [0.29, 0.717) is 28.7 Å². The number of aromatic nitrogens is 2. The van der Waals surface area contributed by atoms with Crippen LogP contribution in [0.1, 0.15) is 21.7 Å². The summed E-state index contributed by atoms with van der Waals surface area (Å²) in [7, 11) is 1.36. The van der Waals surface area contributed by atoms with Crippen molar-refractivity contribution in [2.75, 3.05) is 17.7 Å². The molecule has 0 atom stereocenters. The summed E-state index contributed by atoms with van der Waals surface area (Å²) >= 11 is 0. The van der Waals surface area contributed by atoms with Crippen molar-refractivity contribution in [3.63, 3.8) is 0 Å². The summed E-state index contributed by atoms with van der Waals surface area (Å²) in [4.78, 5) is 20.7. The van der Waals surface area contributed by atoms with Crippen LogP contribution in [0.15, 0.2) is 54.6 Å². The van der Waals surface area contributed by atoms with Gasteiger partial charge in [-0.3, -0.25) is 0 Å². The highest BCUT2D eigenvalue weighted by atomic mass is 16.5. The summed E-state index contributed by atoms with van der Waals surface area (Å²) in [6, 6.07) is 17.0. The van der Waals surface area contributed by atoms with Gasteiger partial charge in [0.05, 0.1) is 18.4 Å². The monoisotopic (exact) mass is 348 g/mol. The van der Waals surface area contributed by atoms with Crippen LogP contribution in [0.2, 0.25) is 0 Å². The molecule has 0 spiro atoms. The van der Waals surface area contributed by atoms with E-state index in [4.69, 9.17) is 4.74 Å². The largest absolute Gasteiger partial charge is 0.465 e. The predicted molar refractivity (Wildman–Crippen MR) is 102 cm³/mol. The zero-order chi connectivity index (χ0) is 18.5. The van der Waals surface area contributed by atoms with Crippen LogP contribution < -0.4 is 10.6 Å². The zero-order valence-corrected chi connectivity index (χ0v) is 14.9. The number of methoxy groups -OCH3 is 1. The molecule has 0 aliphatic rings. The lowest BCUT2D eigenvalue weighted by molar-refractivity contribution is 0.0602. The van der Waals surface area contributed by atoms with Gasteiger partial charge in [0.2, 0.25) is 0 Å². The molecule has 0 aliphatic heterocycles. The van der Waals surface area contributed by atoms with Gasteiger partial charge in [-0.15, -0.1) is 0 Å². The van der Waals surface area contributed by atoms with Crippen LogP contribution >= 0.6 is 0 Å². The average molecular weight is 348 g/mol. The van der Waals surface area contributed by atoms with Crippen molar-refractivity contribution in [2.24, 2.45) is 0 Å². The van der Waals surface area contributed by atoms with Gasteiger partial charge in [-0.05, 0) is 38.1 Å². The Labute approximate surface area is 152 Å². The SMILES string of the molecule is COC(=O)c1ccccc1Nc1cc(Nc2ccc(C)cc2)nc(C)n1. The average Bonchev–Trinajstić information content (AvgIpc) is 2.63. The maximum atomic E-state index is 11.9. The summed E-state index contributed by atoms with van der Waals surface area (Å²) in [5.74, 6) is 1.46. The fourth-order valence-electron chi connectivity index (χ4n) is 2.50. The van der Waals surface area contributed by atoms with E-state index in [-0.39, 0.29) is 0 Å². The van der Waals surface area contributed by atoms with Crippen LogP contribution in [-0.4, -0.2) is 23.0 Å². The Kier molecular flexibility index (Phi) is 5.12. The molecule has 0 aliphatic carbocycles. The van der Waals surface area contributed by atoms with E-state index in [0.717, 1.165) is 5.69 Å². The highest BCUT2D eigenvalue weighted by molar-refractivity contribution is 5.96. The van der Waals surface area contributed by atoms with E-state index in [1.165, 1.54) is 12.7 Å². The molecule has 132 valence electrons. The molecule has 6 heteroatoms. The van der Waals surface area contributed by atoms with Crippen LogP contribution in [0, 0.1) is 13.8 Å². The maximum Gasteiger partial charge on any atom is 0.339 e. The molecule has 0 fully saturated rings. The van der Waals surface area contributed by atoms with Gasteiger partial charge in [-0.1, -0.05) is 29.8 Å². The van der Waals surface area contributed by atoms with E-state index in [1.54, 1.807) is 24.3 Å². The topological polar surface area (TPSA) is 76.1 Å². The smallest absolute Gasteiger partial charge is 0.339 e. The van der Waals surface area contributed by atoms with Crippen molar-refractivity contribution >= 4 is 29.0 Å². The molecule has 3 aromatic rings. The third-order valence-corrected chi connectivity index (χ3v) is 3.76. The quantitative estimate of drug-likeness (QED) is 0.667. The van der Waals surface area contributed by atoms with Gasteiger partial charge in [0.15, 0.2) is 0 Å². The third kappa shape index (κ3) is 4.16. The van der Waals surface area contributed by atoms with E-state index < -0.39 is 5.97 Å². The second-order valence-electron chi connectivity index (χ2n) is 5.84. The molecule has 3 rings (SSSR count). The number of benzene rings is 2. The molecule has 2 N–H and O–H groups in total. The molecular weight excluding hydrogens is 328 g/mol. The number of rotatable bonds is 5. The zero-order valence-electron chi connectivity index (χ0n) is 14.9. The molecule has 1 aromatic heterocycles. The second-order valence-corrected chi connectivity index (χ2v) is 5.84. The molecule has 0 bridgehead atoms. The van der Waals surface area contributed by atoms with E-state index in [2.05, 4.69) is 20.6 Å². The normalized spacial score (nSPS) is 10.3. The fourth-order valence-corrected chi connectivity index (χ4v) is 2.50. The number of nitrogens with one attached hydrogen (secondary N) is 2. The first kappa shape index (κ1) is 17.4. The number of carbonyl (C=O) groups is 1. The van der Waals surface area contributed by atoms with Crippen LogP contribution in [0.4, 0.5) is 23.0 Å². The number of anilines is 4. The summed E-state index contributed by atoms with van der Waals surface area (Å²) in [5.41, 5.74) is 3.20. The number of aryl methyl sites for hydroxylation is 2. The van der Waals surface area contributed by atoms with Crippen molar-refractivity contribution in [3.8, 4) is 0 Å². The second kappa shape index (κ2) is 7.65. The summed E-state index contributed by atoms with van der Waals surface area (Å²) in [6.07, 6.45) is 0. The number of nitrogens with zero attached hydrogens (tertiary/aromatic N) is 2. The summed E-state index contributed by atoms with van der Waals surface area (Å²) < 4.78 is 4.83. The highest BCUT2D eigenvalue weighted by Crippen LogP contribution is 2.23. The van der Waals surface area contributed by atoms with Crippen LogP contribution in [0.3, 0.4) is 0 Å². The van der Waals surface area contributed by atoms with Crippen LogP contribution in [0.5, 0.6) is 0 Å². The Morgan fingerprint density at radius 2 is 1.58 bits per heavy atom. The first-order valence-corrected chi connectivity index (χ1v) is 8.19. The van der Waals surface area contributed by atoms with Crippen LogP contribution in [-0.2, 0) is 4.74 Å². The molecule has 0 unspecified atom stereocenters. The van der Waals surface area contributed by atoms with Gasteiger partial charge < -0.3 is 15.4 Å². The first-order valence-electron chi connectivity index (χ1n) is 8.19. The Bertz CT molecular complexity index is 923. The molecule has 0 radical (unpaired) electrons. The number of esters is 1. The molecule has 0 saturated heterocycles. The summed E-state index contributed by atoms with van der Waals surface area (Å²) in [5, 5.41) is 6.44. The van der Waals surface area contributed by atoms with Crippen molar-refractivity contribution < 1.29 is 9.53 Å². The predicted octanol–water partition coefficient (Wildman–Crippen LogP) is 4.37. The minimum atomic E-state index is -0.406. The third-order valence-electron chi connectivity index (χ3n) is 3.76. The molecule has 2 aromatic carbocycles. The van der Waals surface area contributed by atoms with Crippen molar-refractivity contribution in [2.45, 2.75) is 13.8 Å². The Hall–Kier alpha value is -3.41. The van der Waals surface area contributed by atoms with Crippen molar-refractivity contribution in [1.82, 2.24) is 9.97 Å². The standard InChI is InChI=1S/C20H20N4O2/c1-13-8-10-15(11-9-13)23-18-12-19(22-14(2)21-18)24-17-7-5-4-6-16(17)20(25)26-3/h4-12H,1-3H3,(H2,21,22,23,24). The molecule has 26 heavy (non-hydrogen) atoms. The van der Waals surface area contributed by atoms with E-state index in [9.17, 15) is 4.79 Å². The first-order chi connectivity index (χ1) is 12.5. The highest BCUT2D eigenvalue weighted by Gasteiger charge is 2.12. The molecular formula is C20H20N4O2. The summed E-state index contributed by atoms with van der Waals surface area (Å²) in [6.45, 7) is 3.86. The maximum absolute atomic E-state index is 11.9. The number of hydrogen-bond acceptors (Lipinski definition) is 6. The minimum Gasteiger partial charge on any atom is -0.465 e. The Morgan fingerprint density at radius 1 is 0.923 bits per heavy atom. The van der Waals surface area contributed by atoms with Crippen molar-refractivity contribution in [1.29, 1.82) is 0 Å². The molecule has 6 nitrogen and oxygen atoms in total. The van der Waals surface area contributed by atoms with Gasteiger partial charge >= 0.3 is 5.97 Å². The van der Waals surface area contributed by atoms with Crippen LogP contribution in [0.25, 0.3) is 0 Å². The fraction of sp³-hybridized carbons (Fsp3) is 0.150. The molecule has 0 saturated carbocycles. The van der Waals surface area contributed by atoms with Gasteiger partial charge in [-0.25, -0.2) is 14.8 Å². The Morgan fingerprint density at radius 3 is 2.27 bits per heavy atom. The number of carbonyl (C=O) groups excluding carboxylic acids is 1. The number of para-hydroxylation sites is 1. The molecule has 0 amide bonds. The molecule has 1 heterocycles. The van der Waals surface area contributed by atoms with Crippen molar-refractivity contribution in [3.05, 3.63) is 71.5 Å². The van der Waals surface area contributed by atoms with E-state index >= 15 is 0 Å². The Balaban J connectivity index is 1.87. The van der Waals surface area contributed by atoms with Gasteiger partial charge in [0.1, 0.15) is 17.5 Å². The van der Waals surface area contributed by atoms with Gasteiger partial charge in [-0.2, -0.15) is 0 Å². The van der Waals surface area contributed by atoms with Gasteiger partial charge in [0, 0.05) is 11.8 Å². The van der Waals surface area contributed by atoms with E-state index in [1.807, 2.05) is 44.2 Å². The number of ether oxygens (including phenoxy) is 1. The van der Waals surface area contributed by atoms with Gasteiger partial charge in [0.25, 0.3) is 0 Å². The lowest BCUT2D eigenvalue weighted by Gasteiger charge is -2.12.